The maximum Gasteiger partial charge on any atom is 0.225 e. The number of hydrogen-bond donors (Lipinski definition) is 2. The minimum atomic E-state index is -0.788. The summed E-state index contributed by atoms with van der Waals surface area (Å²) in [5.74, 6) is -2.10. The van der Waals surface area contributed by atoms with Crippen LogP contribution in [0.3, 0.4) is 0 Å². The van der Waals surface area contributed by atoms with Gasteiger partial charge in [-0.05, 0) is 35.7 Å². The molecule has 1 atom stereocenters. The van der Waals surface area contributed by atoms with Crippen molar-refractivity contribution < 1.29 is 13.6 Å². The van der Waals surface area contributed by atoms with Gasteiger partial charge < -0.3 is 11.1 Å². The highest BCUT2D eigenvalue weighted by atomic mass is 19.1. The standard InChI is InChI=1S/C16H16F2N2O/c1-10(11-5-7-12(19)8-6-11)9-15(21)20-16-13(17)3-2-4-14(16)18/h2-8,10H,9,19H2,1H3,(H,20,21). The van der Waals surface area contributed by atoms with Crippen molar-refractivity contribution in [2.24, 2.45) is 0 Å². The van der Waals surface area contributed by atoms with Gasteiger partial charge in [0.15, 0.2) is 0 Å². The van der Waals surface area contributed by atoms with Gasteiger partial charge in [0.05, 0.1) is 0 Å². The van der Waals surface area contributed by atoms with Crippen LogP contribution in [0.15, 0.2) is 42.5 Å². The number of amides is 1. The van der Waals surface area contributed by atoms with Crippen molar-refractivity contribution in [2.45, 2.75) is 19.3 Å². The van der Waals surface area contributed by atoms with Gasteiger partial charge in [-0.2, -0.15) is 0 Å². The minimum absolute atomic E-state index is 0.0829. The van der Waals surface area contributed by atoms with Crippen molar-refractivity contribution in [3.63, 3.8) is 0 Å². The molecule has 3 N–H and O–H groups in total. The Morgan fingerprint density at radius 2 is 1.71 bits per heavy atom. The van der Waals surface area contributed by atoms with E-state index in [1.165, 1.54) is 6.07 Å². The molecule has 0 saturated heterocycles. The lowest BCUT2D eigenvalue weighted by atomic mass is 9.97. The van der Waals surface area contributed by atoms with Gasteiger partial charge in [0, 0.05) is 12.1 Å². The first-order valence-electron chi connectivity index (χ1n) is 6.56. The average Bonchev–Trinajstić information content (AvgIpc) is 2.43. The van der Waals surface area contributed by atoms with E-state index in [0.29, 0.717) is 5.69 Å². The van der Waals surface area contributed by atoms with Crippen LogP contribution in [0.5, 0.6) is 0 Å². The molecule has 2 aromatic rings. The van der Waals surface area contributed by atoms with Crippen molar-refractivity contribution in [1.29, 1.82) is 0 Å². The van der Waals surface area contributed by atoms with Crippen molar-refractivity contribution in [2.75, 3.05) is 11.1 Å². The smallest absolute Gasteiger partial charge is 0.225 e. The van der Waals surface area contributed by atoms with Crippen LogP contribution in [0, 0.1) is 11.6 Å². The number of benzene rings is 2. The molecule has 0 aromatic heterocycles. The summed E-state index contributed by atoms with van der Waals surface area (Å²) in [4.78, 5) is 11.9. The zero-order valence-electron chi connectivity index (χ0n) is 11.6. The van der Waals surface area contributed by atoms with Gasteiger partial charge in [-0.25, -0.2) is 8.78 Å². The second-order valence-corrected chi connectivity index (χ2v) is 4.92. The summed E-state index contributed by atoms with van der Waals surface area (Å²) in [7, 11) is 0. The van der Waals surface area contributed by atoms with Gasteiger partial charge in [-0.1, -0.05) is 25.1 Å². The van der Waals surface area contributed by atoms with Gasteiger partial charge in [0.25, 0.3) is 0 Å². The second-order valence-electron chi connectivity index (χ2n) is 4.92. The third kappa shape index (κ3) is 3.78. The molecule has 0 aliphatic heterocycles. The molecule has 0 spiro atoms. The number of rotatable bonds is 4. The van der Waals surface area contributed by atoms with E-state index in [9.17, 15) is 13.6 Å². The van der Waals surface area contributed by atoms with Crippen LogP contribution < -0.4 is 11.1 Å². The van der Waals surface area contributed by atoms with Gasteiger partial charge in [0.1, 0.15) is 17.3 Å². The topological polar surface area (TPSA) is 55.1 Å². The Hall–Kier alpha value is -2.43. The molecule has 0 saturated carbocycles. The Kier molecular flexibility index (Phi) is 4.52. The van der Waals surface area contributed by atoms with Gasteiger partial charge >= 0.3 is 0 Å². The highest BCUT2D eigenvalue weighted by molar-refractivity contribution is 5.91. The number of halogens is 2. The summed E-state index contributed by atoms with van der Waals surface area (Å²) in [6.45, 7) is 1.86. The summed E-state index contributed by atoms with van der Waals surface area (Å²) < 4.78 is 26.9. The van der Waals surface area contributed by atoms with E-state index >= 15 is 0 Å². The van der Waals surface area contributed by atoms with E-state index in [0.717, 1.165) is 17.7 Å². The van der Waals surface area contributed by atoms with E-state index in [-0.39, 0.29) is 12.3 Å². The van der Waals surface area contributed by atoms with Crippen LogP contribution in [0.1, 0.15) is 24.8 Å². The van der Waals surface area contributed by atoms with Gasteiger partial charge in [-0.3, -0.25) is 4.79 Å². The molecule has 110 valence electrons. The maximum absolute atomic E-state index is 13.4. The Morgan fingerprint density at radius 3 is 2.29 bits per heavy atom. The molecular weight excluding hydrogens is 274 g/mol. The predicted octanol–water partition coefficient (Wildman–Crippen LogP) is 3.68. The second kappa shape index (κ2) is 6.35. The molecule has 0 aliphatic rings. The third-order valence-electron chi connectivity index (χ3n) is 3.22. The minimum Gasteiger partial charge on any atom is -0.399 e. The van der Waals surface area contributed by atoms with Crippen molar-refractivity contribution in [1.82, 2.24) is 0 Å². The van der Waals surface area contributed by atoms with Crippen LogP contribution in [-0.4, -0.2) is 5.91 Å². The number of para-hydroxylation sites is 1. The lowest BCUT2D eigenvalue weighted by Crippen LogP contribution is -2.16. The van der Waals surface area contributed by atoms with Crippen LogP contribution in [0.4, 0.5) is 20.2 Å². The van der Waals surface area contributed by atoms with Gasteiger partial charge in [-0.15, -0.1) is 0 Å². The number of hydrogen-bond acceptors (Lipinski definition) is 2. The molecule has 21 heavy (non-hydrogen) atoms. The average molecular weight is 290 g/mol. The first kappa shape index (κ1) is 15.0. The molecule has 3 nitrogen and oxygen atoms in total. The van der Waals surface area contributed by atoms with Crippen molar-refractivity contribution in [3.8, 4) is 0 Å². The lowest BCUT2D eigenvalue weighted by molar-refractivity contribution is -0.116. The zero-order chi connectivity index (χ0) is 15.4. The molecule has 2 rings (SSSR count). The van der Waals surface area contributed by atoms with Crippen molar-refractivity contribution >= 4 is 17.3 Å². The zero-order valence-corrected chi connectivity index (χ0v) is 11.6. The first-order chi connectivity index (χ1) is 9.97. The van der Waals surface area contributed by atoms with Crippen LogP contribution in [0.25, 0.3) is 0 Å². The van der Waals surface area contributed by atoms with E-state index < -0.39 is 23.2 Å². The number of nitrogen functional groups attached to an aromatic ring is 1. The molecule has 0 aliphatic carbocycles. The summed E-state index contributed by atoms with van der Waals surface area (Å²) in [6.07, 6.45) is 0.123. The Bertz CT molecular complexity index is 621. The normalized spacial score (nSPS) is 12.0. The number of carbonyl (C=O) groups is 1. The maximum atomic E-state index is 13.4. The van der Waals surface area contributed by atoms with Crippen LogP contribution in [0.2, 0.25) is 0 Å². The summed E-state index contributed by atoms with van der Waals surface area (Å²) in [5, 5.41) is 2.28. The van der Waals surface area contributed by atoms with E-state index in [1.54, 1.807) is 12.1 Å². The predicted molar refractivity (Wildman–Crippen MR) is 78.9 cm³/mol. The van der Waals surface area contributed by atoms with E-state index in [4.69, 9.17) is 5.73 Å². The number of carbonyl (C=O) groups excluding carboxylic acids is 1. The fourth-order valence-corrected chi connectivity index (χ4v) is 2.03. The molecule has 0 fully saturated rings. The Morgan fingerprint density at radius 1 is 1.14 bits per heavy atom. The van der Waals surface area contributed by atoms with E-state index in [1.807, 2.05) is 19.1 Å². The lowest BCUT2D eigenvalue weighted by Gasteiger charge is -2.13. The third-order valence-corrected chi connectivity index (χ3v) is 3.22. The molecule has 2 aromatic carbocycles. The SMILES string of the molecule is CC(CC(=O)Nc1c(F)cccc1F)c1ccc(N)cc1. The van der Waals surface area contributed by atoms with Crippen LogP contribution in [-0.2, 0) is 4.79 Å². The van der Waals surface area contributed by atoms with Crippen molar-refractivity contribution in [3.05, 3.63) is 59.7 Å². The summed E-state index contributed by atoms with van der Waals surface area (Å²) in [5.41, 5.74) is 6.77. The Labute approximate surface area is 121 Å². The summed E-state index contributed by atoms with van der Waals surface area (Å²) >= 11 is 0. The molecule has 1 unspecified atom stereocenters. The molecular formula is C16H16F2N2O. The van der Waals surface area contributed by atoms with Gasteiger partial charge in [0.2, 0.25) is 5.91 Å². The number of nitrogens with one attached hydrogen (secondary N) is 1. The largest absolute Gasteiger partial charge is 0.399 e. The Balaban J connectivity index is 2.03. The number of nitrogens with two attached hydrogens (primary N) is 1. The molecule has 1 amide bonds. The fraction of sp³-hybridized carbons (Fsp3) is 0.188. The molecule has 5 heteroatoms. The molecule has 0 heterocycles. The fourth-order valence-electron chi connectivity index (χ4n) is 2.03. The molecule has 0 bridgehead atoms. The monoisotopic (exact) mass is 290 g/mol. The molecule has 0 radical (unpaired) electrons. The summed E-state index contributed by atoms with van der Waals surface area (Å²) in [6, 6.07) is 10.6. The highest BCUT2D eigenvalue weighted by Crippen LogP contribution is 2.22. The quantitative estimate of drug-likeness (QED) is 0.844. The van der Waals surface area contributed by atoms with Crippen LogP contribution >= 0.6 is 0 Å². The number of anilines is 2. The van der Waals surface area contributed by atoms with E-state index in [2.05, 4.69) is 5.32 Å². The first-order valence-corrected chi connectivity index (χ1v) is 6.56. The highest BCUT2D eigenvalue weighted by Gasteiger charge is 2.15.